The van der Waals surface area contributed by atoms with E-state index >= 15 is 0 Å². The highest BCUT2D eigenvalue weighted by atomic mass is 35.5. The molecule has 1 aliphatic heterocycles. The van der Waals surface area contributed by atoms with E-state index in [0.29, 0.717) is 22.6 Å². The van der Waals surface area contributed by atoms with E-state index in [1.807, 2.05) is 12.1 Å². The third kappa shape index (κ3) is 5.70. The Labute approximate surface area is 181 Å². The molecule has 29 heavy (non-hydrogen) atoms. The summed E-state index contributed by atoms with van der Waals surface area (Å²) >= 11 is 9.82. The van der Waals surface area contributed by atoms with Crippen molar-refractivity contribution in [3.05, 3.63) is 53.3 Å². The predicted molar refractivity (Wildman–Crippen MR) is 122 cm³/mol. The third-order valence-corrected chi connectivity index (χ3v) is 5.77. The average Bonchev–Trinajstić information content (AvgIpc) is 2.75. The number of guanidine groups is 1. The number of rotatable bonds is 5. The van der Waals surface area contributed by atoms with Crippen molar-refractivity contribution in [3.63, 3.8) is 0 Å². The van der Waals surface area contributed by atoms with Gasteiger partial charge in [0.2, 0.25) is 5.96 Å². The smallest absolute Gasteiger partial charge is 0.207 e. The van der Waals surface area contributed by atoms with Gasteiger partial charge in [-0.2, -0.15) is 4.40 Å². The highest BCUT2D eigenvalue weighted by Crippen LogP contribution is 2.27. The lowest BCUT2D eigenvalue weighted by atomic mass is 9.90. The van der Waals surface area contributed by atoms with Crippen LogP contribution in [0.25, 0.3) is 0 Å². The standard InChI is InChI=1S/C21H26ClFN4OS/c1-14(24-21(26-29)25-20-8-3-16(22)13-19(20)23)15-9-11-27(12-10-15)17-4-6-18(28-2)7-5-17/h3-8,13-15,29H,9-12H2,1-2H3,(H2,24,25,26). The molecule has 0 saturated carbocycles. The summed E-state index contributed by atoms with van der Waals surface area (Å²) in [5.41, 5.74) is 1.51. The van der Waals surface area contributed by atoms with E-state index < -0.39 is 5.82 Å². The number of nitrogens with zero attached hydrogens (tertiary/aromatic N) is 2. The van der Waals surface area contributed by atoms with Crippen LogP contribution in [0.5, 0.6) is 5.75 Å². The van der Waals surface area contributed by atoms with Gasteiger partial charge >= 0.3 is 0 Å². The Balaban J connectivity index is 1.53. The topological polar surface area (TPSA) is 48.9 Å². The van der Waals surface area contributed by atoms with Crippen molar-refractivity contribution in [2.75, 3.05) is 30.4 Å². The molecule has 156 valence electrons. The fourth-order valence-corrected chi connectivity index (χ4v) is 3.86. The van der Waals surface area contributed by atoms with Gasteiger partial charge in [0.15, 0.2) is 0 Å². The molecule has 2 aromatic rings. The highest BCUT2D eigenvalue weighted by molar-refractivity contribution is 7.79. The van der Waals surface area contributed by atoms with E-state index in [9.17, 15) is 4.39 Å². The summed E-state index contributed by atoms with van der Waals surface area (Å²) in [5, 5.41) is 6.62. The molecule has 5 nitrogen and oxygen atoms in total. The third-order valence-electron chi connectivity index (χ3n) is 5.33. The lowest BCUT2D eigenvalue weighted by molar-refractivity contribution is 0.336. The van der Waals surface area contributed by atoms with E-state index in [1.54, 1.807) is 19.2 Å². The number of piperidine rings is 1. The Bertz CT molecular complexity index is 841. The molecule has 3 rings (SSSR count). The van der Waals surface area contributed by atoms with Crippen LogP contribution in [-0.2, 0) is 0 Å². The van der Waals surface area contributed by atoms with Crippen LogP contribution in [0.3, 0.4) is 0 Å². The number of benzene rings is 2. The number of halogens is 2. The van der Waals surface area contributed by atoms with Gasteiger partial charge in [-0.05, 0) is 81.0 Å². The van der Waals surface area contributed by atoms with Gasteiger partial charge in [0.25, 0.3) is 0 Å². The fourth-order valence-electron chi connectivity index (χ4n) is 3.59. The zero-order valence-electron chi connectivity index (χ0n) is 16.5. The molecule has 0 amide bonds. The number of hydrogen-bond donors (Lipinski definition) is 3. The Morgan fingerprint density at radius 2 is 1.93 bits per heavy atom. The van der Waals surface area contributed by atoms with Crippen LogP contribution in [-0.4, -0.2) is 32.2 Å². The first kappa shape index (κ1) is 21.6. The monoisotopic (exact) mass is 436 g/mol. The zero-order valence-corrected chi connectivity index (χ0v) is 18.2. The second-order valence-electron chi connectivity index (χ2n) is 7.15. The van der Waals surface area contributed by atoms with Crippen LogP contribution in [0.4, 0.5) is 15.8 Å². The maximum atomic E-state index is 14.0. The fraction of sp³-hybridized carbons (Fsp3) is 0.381. The summed E-state index contributed by atoms with van der Waals surface area (Å²) in [7, 11) is 1.67. The Morgan fingerprint density at radius 1 is 1.24 bits per heavy atom. The molecule has 0 radical (unpaired) electrons. The summed E-state index contributed by atoms with van der Waals surface area (Å²) in [4.78, 5) is 2.39. The summed E-state index contributed by atoms with van der Waals surface area (Å²) in [6.45, 7) is 4.08. The first-order valence-corrected chi connectivity index (χ1v) is 10.4. The number of methoxy groups -OCH3 is 1. The zero-order chi connectivity index (χ0) is 20.8. The number of anilines is 2. The molecule has 2 aromatic carbocycles. The van der Waals surface area contributed by atoms with Crippen molar-refractivity contribution in [3.8, 4) is 5.75 Å². The maximum absolute atomic E-state index is 14.0. The van der Waals surface area contributed by atoms with E-state index in [2.05, 4.69) is 51.8 Å². The van der Waals surface area contributed by atoms with Crippen LogP contribution in [0, 0.1) is 11.7 Å². The van der Waals surface area contributed by atoms with Crippen molar-refractivity contribution >= 4 is 41.8 Å². The molecule has 1 heterocycles. The van der Waals surface area contributed by atoms with Crippen LogP contribution in [0.15, 0.2) is 46.9 Å². The average molecular weight is 437 g/mol. The lowest BCUT2D eigenvalue weighted by Crippen LogP contribution is -2.45. The van der Waals surface area contributed by atoms with Crippen LogP contribution in [0.2, 0.25) is 5.02 Å². The number of nitrogens with one attached hydrogen (secondary N) is 2. The van der Waals surface area contributed by atoms with Crippen molar-refractivity contribution in [1.29, 1.82) is 0 Å². The van der Waals surface area contributed by atoms with Gasteiger partial charge in [0, 0.05) is 29.8 Å². The number of thiol groups is 1. The van der Waals surface area contributed by atoms with Gasteiger partial charge in [0.05, 0.1) is 12.8 Å². The summed E-state index contributed by atoms with van der Waals surface area (Å²) in [5.74, 6) is 1.32. The largest absolute Gasteiger partial charge is 0.497 e. The van der Waals surface area contributed by atoms with Gasteiger partial charge in [-0.3, -0.25) is 0 Å². The normalized spacial score (nSPS) is 16.4. The van der Waals surface area contributed by atoms with Gasteiger partial charge in [-0.15, -0.1) is 0 Å². The van der Waals surface area contributed by atoms with E-state index in [1.165, 1.54) is 11.8 Å². The molecule has 0 spiro atoms. The molecule has 1 fully saturated rings. The van der Waals surface area contributed by atoms with Crippen molar-refractivity contribution in [1.82, 2.24) is 5.32 Å². The molecule has 2 N–H and O–H groups in total. The van der Waals surface area contributed by atoms with Crippen molar-refractivity contribution in [2.24, 2.45) is 10.3 Å². The van der Waals surface area contributed by atoms with Crippen LogP contribution >= 0.6 is 24.4 Å². The minimum Gasteiger partial charge on any atom is -0.497 e. The molecule has 1 saturated heterocycles. The van der Waals surface area contributed by atoms with Crippen molar-refractivity contribution in [2.45, 2.75) is 25.8 Å². The minimum atomic E-state index is -0.436. The lowest BCUT2D eigenvalue weighted by Gasteiger charge is -2.36. The first-order valence-electron chi connectivity index (χ1n) is 9.60. The SMILES string of the molecule is COc1ccc(N2CCC(C(C)N/C(=N/S)Nc3ccc(Cl)cc3F)CC2)cc1. The first-order chi connectivity index (χ1) is 14.0. The quantitative estimate of drug-likeness (QED) is 0.351. The molecule has 1 atom stereocenters. The molecule has 8 heteroatoms. The van der Waals surface area contributed by atoms with Gasteiger partial charge < -0.3 is 20.3 Å². The minimum absolute atomic E-state index is 0.168. The molecular formula is C21H26ClFN4OS. The van der Waals surface area contributed by atoms with E-state index in [4.69, 9.17) is 16.3 Å². The molecule has 0 aliphatic carbocycles. The predicted octanol–water partition coefficient (Wildman–Crippen LogP) is 5.00. The van der Waals surface area contributed by atoms with Crippen molar-refractivity contribution < 1.29 is 9.13 Å². The Hall–Kier alpha value is -2.12. The summed E-state index contributed by atoms with van der Waals surface area (Å²) in [6.07, 6.45) is 2.10. The molecular weight excluding hydrogens is 411 g/mol. The highest BCUT2D eigenvalue weighted by Gasteiger charge is 2.25. The van der Waals surface area contributed by atoms with Gasteiger partial charge in [-0.1, -0.05) is 11.6 Å². The molecule has 0 bridgehead atoms. The van der Waals surface area contributed by atoms with Gasteiger partial charge in [0.1, 0.15) is 11.6 Å². The summed E-state index contributed by atoms with van der Waals surface area (Å²) < 4.78 is 23.2. The maximum Gasteiger partial charge on any atom is 0.207 e. The Kier molecular flexibility index (Phi) is 7.50. The molecule has 1 unspecified atom stereocenters. The van der Waals surface area contributed by atoms with Crippen LogP contribution < -0.4 is 20.3 Å². The van der Waals surface area contributed by atoms with Gasteiger partial charge in [-0.25, -0.2) is 4.39 Å². The molecule has 0 aromatic heterocycles. The number of hydrogen-bond acceptors (Lipinski definition) is 4. The van der Waals surface area contributed by atoms with E-state index in [0.717, 1.165) is 31.7 Å². The van der Waals surface area contributed by atoms with E-state index in [-0.39, 0.29) is 6.04 Å². The second kappa shape index (κ2) is 10.1. The van der Waals surface area contributed by atoms with Crippen LogP contribution in [0.1, 0.15) is 19.8 Å². The molecule has 1 aliphatic rings. The summed E-state index contributed by atoms with van der Waals surface area (Å²) in [6, 6.07) is 12.8. The second-order valence-corrected chi connectivity index (χ2v) is 7.79. The Morgan fingerprint density at radius 3 is 2.52 bits per heavy atom. The number of ether oxygens (including phenoxy) is 1.